The second-order valence-corrected chi connectivity index (χ2v) is 6.06. The Kier molecular flexibility index (Phi) is 3.07. The van der Waals surface area contributed by atoms with Gasteiger partial charge in [0.15, 0.2) is 0 Å². The Labute approximate surface area is 116 Å². The van der Waals surface area contributed by atoms with Crippen molar-refractivity contribution in [3.63, 3.8) is 0 Å². The van der Waals surface area contributed by atoms with Crippen LogP contribution in [0.5, 0.6) is 5.75 Å². The standard InChI is InChI=1S/C15H17NO2S/c1-10-9-19-14(16-10)8-15(17)6-5-11-3-4-12(18-2)7-13(11)15/h3-4,7,9,17H,5-6,8H2,1-2H3. The SMILES string of the molecule is COc1ccc2c(c1)C(O)(Cc1nc(C)cs1)CC2. The molecule has 0 radical (unpaired) electrons. The van der Waals surface area contributed by atoms with E-state index in [-0.39, 0.29) is 0 Å². The molecule has 1 atom stereocenters. The summed E-state index contributed by atoms with van der Waals surface area (Å²) >= 11 is 1.62. The van der Waals surface area contributed by atoms with Gasteiger partial charge in [-0.15, -0.1) is 11.3 Å². The van der Waals surface area contributed by atoms with Gasteiger partial charge in [-0.25, -0.2) is 4.98 Å². The number of aromatic nitrogens is 1. The normalized spacial score (nSPS) is 21.4. The summed E-state index contributed by atoms with van der Waals surface area (Å²) in [7, 11) is 1.65. The van der Waals surface area contributed by atoms with Gasteiger partial charge in [0.25, 0.3) is 0 Å². The fraction of sp³-hybridized carbons (Fsp3) is 0.400. The molecule has 1 heterocycles. The van der Waals surface area contributed by atoms with Crippen LogP contribution in [0.1, 0.15) is 28.2 Å². The van der Waals surface area contributed by atoms with Crippen LogP contribution in [-0.2, 0) is 18.4 Å². The second-order valence-electron chi connectivity index (χ2n) is 5.11. The van der Waals surface area contributed by atoms with Gasteiger partial charge in [-0.05, 0) is 43.0 Å². The average Bonchev–Trinajstić information content (AvgIpc) is 2.94. The average molecular weight is 275 g/mol. The zero-order chi connectivity index (χ0) is 13.5. The Balaban J connectivity index is 1.94. The molecule has 3 rings (SSSR count). The number of hydrogen-bond donors (Lipinski definition) is 1. The fourth-order valence-electron chi connectivity index (χ4n) is 2.73. The van der Waals surface area contributed by atoms with Crippen LogP contribution in [0.25, 0.3) is 0 Å². The molecule has 19 heavy (non-hydrogen) atoms. The summed E-state index contributed by atoms with van der Waals surface area (Å²) in [6.45, 7) is 1.98. The molecule has 1 aliphatic rings. The van der Waals surface area contributed by atoms with E-state index in [4.69, 9.17) is 4.74 Å². The van der Waals surface area contributed by atoms with E-state index in [1.165, 1.54) is 5.56 Å². The van der Waals surface area contributed by atoms with Gasteiger partial charge in [0.05, 0.1) is 17.7 Å². The molecule has 100 valence electrons. The van der Waals surface area contributed by atoms with Crippen LogP contribution in [0.15, 0.2) is 23.6 Å². The number of hydrogen-bond acceptors (Lipinski definition) is 4. The summed E-state index contributed by atoms with van der Waals surface area (Å²) in [5.41, 5.74) is 2.44. The molecule has 0 saturated heterocycles. The van der Waals surface area contributed by atoms with Crippen LogP contribution < -0.4 is 4.74 Å². The van der Waals surface area contributed by atoms with Crippen LogP contribution >= 0.6 is 11.3 Å². The number of methoxy groups -OCH3 is 1. The summed E-state index contributed by atoms with van der Waals surface area (Å²) in [4.78, 5) is 4.46. The summed E-state index contributed by atoms with van der Waals surface area (Å²) < 4.78 is 5.26. The molecule has 1 N–H and O–H groups in total. The molecule has 3 nitrogen and oxygen atoms in total. The maximum Gasteiger partial charge on any atom is 0.119 e. The Hall–Kier alpha value is -1.39. The zero-order valence-corrected chi connectivity index (χ0v) is 12.0. The summed E-state index contributed by atoms with van der Waals surface area (Å²) in [5, 5.41) is 14.0. The van der Waals surface area contributed by atoms with Crippen LogP contribution in [0.2, 0.25) is 0 Å². The third-order valence-corrected chi connectivity index (χ3v) is 4.70. The van der Waals surface area contributed by atoms with Crippen molar-refractivity contribution in [1.82, 2.24) is 4.98 Å². The lowest BCUT2D eigenvalue weighted by Crippen LogP contribution is -2.25. The summed E-state index contributed by atoms with van der Waals surface area (Å²) in [6, 6.07) is 5.97. The second kappa shape index (κ2) is 4.62. The predicted octanol–water partition coefficient (Wildman–Crippen LogP) is 2.84. The minimum atomic E-state index is -0.797. The van der Waals surface area contributed by atoms with E-state index < -0.39 is 5.60 Å². The van der Waals surface area contributed by atoms with Gasteiger partial charge >= 0.3 is 0 Å². The molecule has 1 aliphatic carbocycles. The third-order valence-electron chi connectivity index (χ3n) is 3.74. The minimum Gasteiger partial charge on any atom is -0.497 e. The largest absolute Gasteiger partial charge is 0.497 e. The van der Waals surface area contributed by atoms with Gasteiger partial charge in [0.1, 0.15) is 5.75 Å². The number of benzene rings is 1. The Bertz CT molecular complexity index is 608. The molecule has 0 amide bonds. The molecule has 1 aromatic carbocycles. The van der Waals surface area contributed by atoms with Crippen LogP contribution in [0, 0.1) is 6.92 Å². The molecule has 1 unspecified atom stereocenters. The third kappa shape index (κ3) is 2.26. The van der Waals surface area contributed by atoms with Crippen molar-refractivity contribution in [3.05, 3.63) is 45.4 Å². The fourth-order valence-corrected chi connectivity index (χ4v) is 3.61. The first-order valence-electron chi connectivity index (χ1n) is 6.41. The molecular formula is C15H17NO2S. The molecule has 2 aromatic rings. The lowest BCUT2D eigenvalue weighted by molar-refractivity contribution is 0.0387. The molecule has 0 spiro atoms. The van der Waals surface area contributed by atoms with Gasteiger partial charge in [0, 0.05) is 17.5 Å². The van der Waals surface area contributed by atoms with Crippen molar-refractivity contribution in [2.75, 3.05) is 7.11 Å². The Morgan fingerprint density at radius 2 is 2.32 bits per heavy atom. The van der Waals surface area contributed by atoms with E-state index in [2.05, 4.69) is 11.1 Å². The molecule has 0 saturated carbocycles. The molecule has 0 bridgehead atoms. The highest BCUT2D eigenvalue weighted by Gasteiger charge is 2.37. The van der Waals surface area contributed by atoms with Crippen LogP contribution in [0.4, 0.5) is 0 Å². The number of nitrogens with zero attached hydrogens (tertiary/aromatic N) is 1. The monoisotopic (exact) mass is 275 g/mol. The zero-order valence-electron chi connectivity index (χ0n) is 11.1. The highest BCUT2D eigenvalue weighted by Crippen LogP contribution is 2.41. The van der Waals surface area contributed by atoms with Gasteiger partial charge in [-0.1, -0.05) is 6.07 Å². The number of rotatable bonds is 3. The van der Waals surface area contributed by atoms with E-state index in [0.717, 1.165) is 34.9 Å². The number of thiazole rings is 1. The molecule has 0 fully saturated rings. The van der Waals surface area contributed by atoms with Gasteiger partial charge in [-0.3, -0.25) is 0 Å². The van der Waals surface area contributed by atoms with Crippen molar-refractivity contribution < 1.29 is 9.84 Å². The number of aryl methyl sites for hydroxylation is 2. The number of ether oxygens (including phenoxy) is 1. The first-order valence-corrected chi connectivity index (χ1v) is 7.29. The molecule has 1 aromatic heterocycles. The number of fused-ring (bicyclic) bond motifs is 1. The first-order chi connectivity index (χ1) is 9.10. The highest BCUT2D eigenvalue weighted by molar-refractivity contribution is 7.09. The summed E-state index contributed by atoms with van der Waals surface area (Å²) in [6.07, 6.45) is 2.26. The van der Waals surface area contributed by atoms with E-state index in [9.17, 15) is 5.11 Å². The van der Waals surface area contributed by atoms with E-state index in [1.54, 1.807) is 18.4 Å². The lowest BCUT2D eigenvalue weighted by Gasteiger charge is -2.23. The van der Waals surface area contributed by atoms with E-state index >= 15 is 0 Å². The van der Waals surface area contributed by atoms with Crippen molar-refractivity contribution >= 4 is 11.3 Å². The van der Waals surface area contributed by atoms with Gasteiger partial charge in [0.2, 0.25) is 0 Å². The van der Waals surface area contributed by atoms with E-state index in [0.29, 0.717) is 6.42 Å². The predicted molar refractivity (Wildman–Crippen MR) is 75.8 cm³/mol. The van der Waals surface area contributed by atoms with Crippen LogP contribution in [0.3, 0.4) is 0 Å². The van der Waals surface area contributed by atoms with Gasteiger partial charge in [-0.2, -0.15) is 0 Å². The molecule has 4 heteroatoms. The first kappa shape index (κ1) is 12.6. The Morgan fingerprint density at radius 1 is 1.47 bits per heavy atom. The lowest BCUT2D eigenvalue weighted by atomic mass is 9.92. The van der Waals surface area contributed by atoms with Gasteiger partial charge < -0.3 is 9.84 Å². The quantitative estimate of drug-likeness (QED) is 0.936. The maximum atomic E-state index is 10.9. The minimum absolute atomic E-state index is 0.589. The highest BCUT2D eigenvalue weighted by atomic mass is 32.1. The van der Waals surface area contributed by atoms with Crippen molar-refractivity contribution in [2.24, 2.45) is 0 Å². The van der Waals surface area contributed by atoms with E-state index in [1.807, 2.05) is 24.4 Å². The van der Waals surface area contributed by atoms with Crippen LogP contribution in [-0.4, -0.2) is 17.2 Å². The molecule has 0 aliphatic heterocycles. The van der Waals surface area contributed by atoms with Crippen molar-refractivity contribution in [3.8, 4) is 5.75 Å². The molecular weight excluding hydrogens is 258 g/mol. The smallest absolute Gasteiger partial charge is 0.119 e. The Morgan fingerprint density at radius 3 is 3.00 bits per heavy atom. The maximum absolute atomic E-state index is 10.9. The number of aliphatic hydroxyl groups is 1. The topological polar surface area (TPSA) is 42.4 Å². The van der Waals surface area contributed by atoms with Crippen molar-refractivity contribution in [1.29, 1.82) is 0 Å². The summed E-state index contributed by atoms with van der Waals surface area (Å²) in [5.74, 6) is 0.800. The van der Waals surface area contributed by atoms with Crippen molar-refractivity contribution in [2.45, 2.75) is 31.8 Å².